The third kappa shape index (κ3) is 2.31. The van der Waals surface area contributed by atoms with E-state index in [2.05, 4.69) is 4.74 Å². The fraction of sp³-hybridized carbons (Fsp3) is 0.133. The molecule has 1 aromatic heterocycles. The molecular weight excluding hydrogens is 256 g/mol. The number of nitriles is 1. The Kier molecular flexibility index (Phi) is 3.67. The number of aryl methyl sites for hydroxylation is 1. The topological polar surface area (TPSA) is 72.1 Å². The molecule has 0 aliphatic heterocycles. The quantitative estimate of drug-likeness (QED) is 0.471. The van der Waals surface area contributed by atoms with Gasteiger partial charge in [0.2, 0.25) is 0 Å². The Labute approximate surface area is 115 Å². The van der Waals surface area contributed by atoms with E-state index in [4.69, 9.17) is 5.26 Å². The molecule has 20 heavy (non-hydrogen) atoms. The zero-order valence-corrected chi connectivity index (χ0v) is 11.1. The third-order valence-corrected chi connectivity index (χ3v) is 2.95. The Bertz CT molecular complexity index is 810. The number of methoxy groups -OCH3 is 1. The summed E-state index contributed by atoms with van der Waals surface area (Å²) in [5.74, 6) is -0.761. The van der Waals surface area contributed by atoms with Crippen LogP contribution in [0.25, 0.3) is 17.0 Å². The Hall–Kier alpha value is -2.87. The molecule has 2 rings (SSSR count). The summed E-state index contributed by atoms with van der Waals surface area (Å²) in [4.78, 5) is 23.7. The summed E-state index contributed by atoms with van der Waals surface area (Å²) < 4.78 is 6.27. The van der Waals surface area contributed by atoms with Crippen molar-refractivity contribution in [2.24, 2.45) is 7.05 Å². The van der Waals surface area contributed by atoms with Gasteiger partial charge in [-0.25, -0.2) is 4.79 Å². The van der Waals surface area contributed by atoms with Crippen LogP contribution >= 0.6 is 0 Å². The highest BCUT2D eigenvalue weighted by molar-refractivity contribution is 5.98. The Balaban J connectivity index is 2.71. The first-order valence-electron chi connectivity index (χ1n) is 5.87. The second-order valence-electron chi connectivity index (χ2n) is 4.20. The lowest BCUT2D eigenvalue weighted by atomic mass is 10.1. The minimum absolute atomic E-state index is 0.208. The first-order chi connectivity index (χ1) is 9.58. The largest absolute Gasteiger partial charge is 0.465 e. The van der Waals surface area contributed by atoms with E-state index in [1.165, 1.54) is 13.2 Å². The number of carbonyl (C=O) groups excluding carboxylic acids is 1. The highest BCUT2D eigenvalue weighted by Crippen LogP contribution is 2.12. The number of carbonyl (C=O) groups is 1. The zero-order valence-electron chi connectivity index (χ0n) is 11.1. The van der Waals surface area contributed by atoms with Crippen LogP contribution in [0.1, 0.15) is 5.56 Å². The Morgan fingerprint density at radius 2 is 2.10 bits per heavy atom. The van der Waals surface area contributed by atoms with E-state index >= 15 is 0 Å². The second kappa shape index (κ2) is 5.41. The van der Waals surface area contributed by atoms with Crippen molar-refractivity contribution in [3.63, 3.8) is 0 Å². The van der Waals surface area contributed by atoms with Gasteiger partial charge in [0.1, 0.15) is 11.6 Å². The van der Waals surface area contributed by atoms with Crippen molar-refractivity contribution in [1.29, 1.82) is 5.26 Å². The van der Waals surface area contributed by atoms with E-state index in [1.54, 1.807) is 36.0 Å². The molecule has 0 N–H and O–H groups in total. The molecule has 100 valence electrons. The van der Waals surface area contributed by atoms with Crippen molar-refractivity contribution < 1.29 is 9.53 Å². The number of hydrogen-bond donors (Lipinski definition) is 0. The maximum atomic E-state index is 12.3. The first kappa shape index (κ1) is 13.6. The molecule has 0 spiro atoms. The maximum Gasteiger partial charge on any atom is 0.348 e. The van der Waals surface area contributed by atoms with Crippen molar-refractivity contribution in [2.45, 2.75) is 0 Å². The van der Waals surface area contributed by atoms with Crippen LogP contribution in [0.2, 0.25) is 0 Å². The lowest BCUT2D eigenvalue weighted by molar-refractivity contribution is -0.135. The molecule has 0 atom stereocenters. The average Bonchev–Trinajstić information content (AvgIpc) is 2.48. The van der Waals surface area contributed by atoms with Crippen molar-refractivity contribution in [3.8, 4) is 6.07 Å². The molecule has 2 aromatic rings. The smallest absolute Gasteiger partial charge is 0.348 e. The van der Waals surface area contributed by atoms with Gasteiger partial charge in [-0.15, -0.1) is 0 Å². The molecule has 0 aliphatic rings. The van der Waals surface area contributed by atoms with Crippen LogP contribution in [0.3, 0.4) is 0 Å². The number of rotatable bonds is 2. The van der Waals surface area contributed by atoms with Crippen LogP contribution < -0.4 is 5.43 Å². The highest BCUT2D eigenvalue weighted by Gasteiger charge is 2.11. The summed E-state index contributed by atoms with van der Waals surface area (Å²) in [5.41, 5.74) is 0.620. The molecule has 0 unspecified atom stereocenters. The maximum absolute atomic E-state index is 12.3. The molecule has 1 heterocycles. The number of aromatic nitrogens is 1. The summed E-state index contributed by atoms with van der Waals surface area (Å²) in [5, 5.41) is 9.47. The third-order valence-electron chi connectivity index (χ3n) is 2.95. The lowest BCUT2D eigenvalue weighted by Crippen LogP contribution is -2.12. The van der Waals surface area contributed by atoms with Gasteiger partial charge in [-0.05, 0) is 18.2 Å². The fourth-order valence-electron chi connectivity index (χ4n) is 1.97. The lowest BCUT2D eigenvalue weighted by Gasteiger charge is -2.06. The predicted molar refractivity (Wildman–Crippen MR) is 74.8 cm³/mol. The number of hydrogen-bond acceptors (Lipinski definition) is 4. The fourth-order valence-corrected chi connectivity index (χ4v) is 1.97. The molecule has 0 amide bonds. The Morgan fingerprint density at radius 1 is 1.40 bits per heavy atom. The number of fused-ring (bicyclic) bond motifs is 1. The van der Waals surface area contributed by atoms with Crippen LogP contribution in [-0.2, 0) is 16.6 Å². The molecule has 1 aromatic carbocycles. The van der Waals surface area contributed by atoms with E-state index < -0.39 is 5.97 Å². The monoisotopic (exact) mass is 268 g/mol. The molecule has 5 nitrogen and oxygen atoms in total. The summed E-state index contributed by atoms with van der Waals surface area (Å²) in [6, 6.07) is 8.88. The number of para-hydroxylation sites is 1. The van der Waals surface area contributed by atoms with E-state index in [0.717, 1.165) is 5.52 Å². The molecule has 0 saturated heterocycles. The van der Waals surface area contributed by atoms with Crippen LogP contribution in [0, 0.1) is 11.3 Å². The minimum Gasteiger partial charge on any atom is -0.465 e. The molecule has 0 fully saturated rings. The van der Waals surface area contributed by atoms with E-state index in [1.807, 2.05) is 12.1 Å². The number of nitrogens with zero attached hydrogens (tertiary/aromatic N) is 2. The van der Waals surface area contributed by atoms with Gasteiger partial charge >= 0.3 is 5.97 Å². The van der Waals surface area contributed by atoms with Crippen molar-refractivity contribution in [3.05, 3.63) is 51.8 Å². The van der Waals surface area contributed by atoms with Gasteiger partial charge in [0, 0.05) is 24.2 Å². The molecule has 0 radical (unpaired) electrons. The van der Waals surface area contributed by atoms with E-state index in [0.29, 0.717) is 5.39 Å². The Morgan fingerprint density at radius 3 is 2.75 bits per heavy atom. The van der Waals surface area contributed by atoms with Crippen molar-refractivity contribution >= 4 is 22.9 Å². The van der Waals surface area contributed by atoms with E-state index in [-0.39, 0.29) is 16.6 Å². The SMILES string of the molecule is COC(=O)/C(C#N)=C/c1cn(C)c2ccccc2c1=O. The minimum atomic E-state index is -0.761. The molecule has 5 heteroatoms. The standard InChI is InChI=1S/C15H12N2O3/c1-17-9-11(7-10(8-16)15(19)20-2)14(18)12-5-3-4-6-13(12)17/h3-7,9H,1-2H3/b10-7+. The summed E-state index contributed by atoms with van der Waals surface area (Å²) in [6.07, 6.45) is 2.84. The first-order valence-corrected chi connectivity index (χ1v) is 5.87. The van der Waals surface area contributed by atoms with Gasteiger partial charge in [-0.3, -0.25) is 4.79 Å². The van der Waals surface area contributed by atoms with Gasteiger partial charge in [0.15, 0.2) is 5.43 Å². The normalized spacial score (nSPS) is 11.2. The van der Waals surface area contributed by atoms with Crippen LogP contribution in [0.15, 0.2) is 40.8 Å². The summed E-state index contributed by atoms with van der Waals surface area (Å²) >= 11 is 0. The number of esters is 1. The molecule has 0 bridgehead atoms. The second-order valence-corrected chi connectivity index (χ2v) is 4.20. The number of pyridine rings is 1. The van der Waals surface area contributed by atoms with Gasteiger partial charge in [0.25, 0.3) is 0 Å². The van der Waals surface area contributed by atoms with Gasteiger partial charge < -0.3 is 9.30 Å². The van der Waals surface area contributed by atoms with Gasteiger partial charge in [-0.2, -0.15) is 5.26 Å². The van der Waals surface area contributed by atoms with Gasteiger partial charge in [0.05, 0.1) is 12.6 Å². The zero-order chi connectivity index (χ0) is 14.7. The molecular formula is C15H12N2O3. The van der Waals surface area contributed by atoms with Crippen molar-refractivity contribution in [2.75, 3.05) is 7.11 Å². The van der Waals surface area contributed by atoms with Crippen LogP contribution in [0.5, 0.6) is 0 Å². The molecule has 0 aliphatic carbocycles. The highest BCUT2D eigenvalue weighted by atomic mass is 16.5. The summed E-state index contributed by atoms with van der Waals surface area (Å²) in [7, 11) is 2.98. The van der Waals surface area contributed by atoms with E-state index in [9.17, 15) is 9.59 Å². The predicted octanol–water partition coefficient (Wildman–Crippen LogP) is 1.62. The number of ether oxygens (including phenoxy) is 1. The van der Waals surface area contributed by atoms with Crippen LogP contribution in [0.4, 0.5) is 0 Å². The average molecular weight is 268 g/mol. The van der Waals surface area contributed by atoms with Crippen molar-refractivity contribution in [1.82, 2.24) is 4.57 Å². The van der Waals surface area contributed by atoms with Gasteiger partial charge in [-0.1, -0.05) is 12.1 Å². The summed E-state index contributed by atoms with van der Waals surface area (Å²) in [6.45, 7) is 0. The number of benzene rings is 1. The van der Waals surface area contributed by atoms with Crippen LogP contribution in [-0.4, -0.2) is 17.6 Å². The molecule has 0 saturated carbocycles.